The Bertz CT molecular complexity index is 564. The number of Topliss-reactive ketones (excluding diaryl/α,β-unsaturated/α-hetero) is 1. The number of carbonyl (C=O) groups is 1. The third kappa shape index (κ3) is 2.71. The van der Waals surface area contributed by atoms with E-state index in [4.69, 9.17) is 9.15 Å². The molecule has 0 aliphatic heterocycles. The number of hydrogen-bond acceptors (Lipinski definition) is 3. The van der Waals surface area contributed by atoms with Gasteiger partial charge in [-0.05, 0) is 18.9 Å². The van der Waals surface area contributed by atoms with Crippen LogP contribution in [0.5, 0.6) is 0 Å². The molecule has 1 saturated carbocycles. The van der Waals surface area contributed by atoms with Crippen LogP contribution in [0.1, 0.15) is 42.5 Å². The third-order valence-electron chi connectivity index (χ3n) is 3.78. The Labute approximate surface area is 112 Å². The van der Waals surface area contributed by atoms with E-state index in [9.17, 15) is 4.79 Å². The van der Waals surface area contributed by atoms with Crippen LogP contribution in [0.15, 0.2) is 34.9 Å². The van der Waals surface area contributed by atoms with Gasteiger partial charge in [0.1, 0.15) is 18.5 Å². The number of fused-ring (bicyclic) bond motifs is 1. The Kier molecular flexibility index (Phi) is 3.65. The van der Waals surface area contributed by atoms with Crippen molar-refractivity contribution in [2.75, 3.05) is 6.61 Å². The molecule has 1 fully saturated rings. The van der Waals surface area contributed by atoms with Crippen molar-refractivity contribution in [2.45, 2.75) is 38.2 Å². The van der Waals surface area contributed by atoms with Gasteiger partial charge >= 0.3 is 0 Å². The number of hydrogen-bond donors (Lipinski definition) is 0. The molecule has 0 radical (unpaired) electrons. The van der Waals surface area contributed by atoms with E-state index in [-0.39, 0.29) is 18.5 Å². The molecule has 1 heterocycles. The summed E-state index contributed by atoms with van der Waals surface area (Å²) in [6.45, 7) is 0.161. The van der Waals surface area contributed by atoms with E-state index in [0.717, 1.165) is 23.8 Å². The lowest BCUT2D eigenvalue weighted by Gasteiger charge is -2.21. The molecule has 0 amide bonds. The van der Waals surface area contributed by atoms with Crippen LogP contribution in [0.4, 0.5) is 0 Å². The number of rotatable bonds is 4. The first-order valence-electron chi connectivity index (χ1n) is 6.95. The lowest BCUT2D eigenvalue weighted by Crippen LogP contribution is -2.20. The normalized spacial score (nSPS) is 16.8. The molecule has 1 aromatic heterocycles. The number of ketones is 1. The molecule has 0 spiro atoms. The zero-order valence-corrected chi connectivity index (χ0v) is 10.9. The van der Waals surface area contributed by atoms with Gasteiger partial charge in [0.2, 0.25) is 0 Å². The van der Waals surface area contributed by atoms with Crippen LogP contribution in [0, 0.1) is 0 Å². The van der Waals surface area contributed by atoms with Crippen LogP contribution in [-0.4, -0.2) is 18.5 Å². The number of benzene rings is 1. The molecule has 0 atom stereocenters. The summed E-state index contributed by atoms with van der Waals surface area (Å²) in [7, 11) is 0. The summed E-state index contributed by atoms with van der Waals surface area (Å²) in [6, 6.07) is 7.59. The minimum Gasteiger partial charge on any atom is -0.464 e. The second kappa shape index (κ2) is 5.57. The first-order valence-corrected chi connectivity index (χ1v) is 6.95. The van der Waals surface area contributed by atoms with Crippen molar-refractivity contribution in [1.29, 1.82) is 0 Å². The molecule has 3 nitrogen and oxygen atoms in total. The van der Waals surface area contributed by atoms with E-state index in [1.165, 1.54) is 25.5 Å². The van der Waals surface area contributed by atoms with Crippen LogP contribution >= 0.6 is 0 Å². The molecule has 1 aromatic carbocycles. The largest absolute Gasteiger partial charge is 0.464 e. The maximum absolute atomic E-state index is 12.2. The lowest BCUT2D eigenvalue weighted by atomic mass is 9.98. The van der Waals surface area contributed by atoms with Gasteiger partial charge in [-0.1, -0.05) is 37.5 Å². The molecule has 0 saturated heterocycles. The highest BCUT2D eigenvalue weighted by Gasteiger charge is 2.18. The van der Waals surface area contributed by atoms with Gasteiger partial charge in [0.25, 0.3) is 0 Å². The quantitative estimate of drug-likeness (QED) is 0.779. The fourth-order valence-corrected chi connectivity index (χ4v) is 2.70. The van der Waals surface area contributed by atoms with Gasteiger partial charge in [-0.3, -0.25) is 4.79 Å². The highest BCUT2D eigenvalue weighted by molar-refractivity contribution is 6.07. The van der Waals surface area contributed by atoms with Crippen molar-refractivity contribution < 1.29 is 13.9 Å². The molecule has 1 aliphatic rings. The summed E-state index contributed by atoms with van der Waals surface area (Å²) in [5.74, 6) is 0.00974. The minimum absolute atomic E-state index is 0.00974. The highest BCUT2D eigenvalue weighted by Crippen LogP contribution is 2.23. The van der Waals surface area contributed by atoms with Crippen LogP contribution in [-0.2, 0) is 4.74 Å². The standard InChI is InChI=1S/C16H18O3/c17-15(11-18-12-6-2-1-3-7-12)14-10-19-16-9-5-4-8-13(14)16/h4-5,8-10,12H,1-3,6-7,11H2. The van der Waals surface area contributed by atoms with Crippen molar-refractivity contribution in [1.82, 2.24) is 0 Å². The van der Waals surface area contributed by atoms with Crippen molar-refractivity contribution in [3.8, 4) is 0 Å². The van der Waals surface area contributed by atoms with E-state index in [1.54, 1.807) is 0 Å². The first-order chi connectivity index (χ1) is 9.34. The average molecular weight is 258 g/mol. The number of carbonyl (C=O) groups excluding carboxylic acids is 1. The van der Waals surface area contributed by atoms with Gasteiger partial charge in [0, 0.05) is 5.39 Å². The second-order valence-electron chi connectivity index (χ2n) is 5.14. The van der Waals surface area contributed by atoms with Gasteiger partial charge < -0.3 is 9.15 Å². The van der Waals surface area contributed by atoms with E-state index >= 15 is 0 Å². The fraction of sp³-hybridized carbons (Fsp3) is 0.438. The second-order valence-corrected chi connectivity index (χ2v) is 5.14. The highest BCUT2D eigenvalue weighted by atomic mass is 16.5. The predicted octanol–water partition coefficient (Wildman–Crippen LogP) is 3.96. The zero-order chi connectivity index (χ0) is 13.1. The van der Waals surface area contributed by atoms with Crippen molar-refractivity contribution in [3.63, 3.8) is 0 Å². The Morgan fingerprint density at radius 1 is 1.21 bits per heavy atom. The fourth-order valence-electron chi connectivity index (χ4n) is 2.70. The topological polar surface area (TPSA) is 39.4 Å². The molecule has 3 heteroatoms. The molecule has 100 valence electrons. The number of ether oxygens (including phenoxy) is 1. The van der Waals surface area contributed by atoms with Gasteiger partial charge in [-0.25, -0.2) is 0 Å². The average Bonchev–Trinajstić information content (AvgIpc) is 2.90. The Morgan fingerprint density at radius 2 is 2.00 bits per heavy atom. The SMILES string of the molecule is O=C(COC1CCCCC1)c1coc2ccccc12. The maximum atomic E-state index is 12.2. The third-order valence-corrected chi connectivity index (χ3v) is 3.78. The van der Waals surface area contributed by atoms with Gasteiger partial charge in [-0.15, -0.1) is 0 Å². The summed E-state index contributed by atoms with van der Waals surface area (Å²) in [5, 5.41) is 0.875. The summed E-state index contributed by atoms with van der Waals surface area (Å²) in [4.78, 5) is 12.2. The van der Waals surface area contributed by atoms with Gasteiger partial charge in [-0.2, -0.15) is 0 Å². The van der Waals surface area contributed by atoms with Gasteiger partial charge in [0.15, 0.2) is 5.78 Å². The van der Waals surface area contributed by atoms with Crippen LogP contribution in [0.2, 0.25) is 0 Å². The molecule has 0 bridgehead atoms. The summed E-state index contributed by atoms with van der Waals surface area (Å²) in [5.41, 5.74) is 1.38. The molecule has 2 aromatic rings. The maximum Gasteiger partial charge on any atom is 0.192 e. The summed E-state index contributed by atoms with van der Waals surface area (Å²) >= 11 is 0. The van der Waals surface area contributed by atoms with E-state index in [2.05, 4.69) is 0 Å². The van der Waals surface area contributed by atoms with E-state index < -0.39 is 0 Å². The van der Waals surface area contributed by atoms with Crippen LogP contribution in [0.25, 0.3) is 11.0 Å². The predicted molar refractivity (Wildman–Crippen MR) is 73.4 cm³/mol. The lowest BCUT2D eigenvalue weighted by molar-refractivity contribution is 0.0285. The zero-order valence-electron chi connectivity index (χ0n) is 10.9. The molecular weight excluding hydrogens is 240 g/mol. The molecule has 3 rings (SSSR count). The molecule has 19 heavy (non-hydrogen) atoms. The van der Waals surface area contributed by atoms with Crippen molar-refractivity contribution in [3.05, 3.63) is 36.1 Å². The van der Waals surface area contributed by atoms with Crippen molar-refractivity contribution in [2.24, 2.45) is 0 Å². The van der Waals surface area contributed by atoms with Crippen LogP contribution < -0.4 is 0 Å². The minimum atomic E-state index is 0.00974. The smallest absolute Gasteiger partial charge is 0.192 e. The van der Waals surface area contributed by atoms with Crippen molar-refractivity contribution >= 4 is 16.8 Å². The first kappa shape index (κ1) is 12.4. The summed E-state index contributed by atoms with van der Waals surface area (Å²) in [6.07, 6.45) is 7.69. The van der Waals surface area contributed by atoms with E-state index in [0.29, 0.717) is 5.56 Å². The molecule has 1 aliphatic carbocycles. The Morgan fingerprint density at radius 3 is 2.84 bits per heavy atom. The summed E-state index contributed by atoms with van der Waals surface area (Å²) < 4.78 is 11.1. The molecular formula is C16H18O3. The van der Waals surface area contributed by atoms with E-state index in [1.807, 2.05) is 24.3 Å². The number of furan rings is 1. The molecule has 0 N–H and O–H groups in total. The monoisotopic (exact) mass is 258 g/mol. The number of para-hydroxylation sites is 1. The molecule has 0 unspecified atom stereocenters. The van der Waals surface area contributed by atoms with Crippen LogP contribution in [0.3, 0.4) is 0 Å². The Hall–Kier alpha value is -1.61. The van der Waals surface area contributed by atoms with Gasteiger partial charge in [0.05, 0.1) is 11.7 Å². The Balaban J connectivity index is 1.66.